The molecule has 3 aliphatic heterocycles. The molecule has 0 N–H and O–H groups in total. The molecule has 2 aromatic rings. The molecule has 3 heterocycles. The number of rotatable bonds is 2. The molecule has 26 heavy (non-hydrogen) atoms. The number of carbonyl (C=O) groups is 3. The van der Waals surface area contributed by atoms with Gasteiger partial charge in [-0.25, -0.2) is 9.69 Å². The van der Waals surface area contributed by atoms with E-state index in [0.717, 1.165) is 10.8 Å². The highest BCUT2D eigenvalue weighted by Gasteiger charge is 2.62. The molecule has 0 radical (unpaired) electrons. The van der Waals surface area contributed by atoms with E-state index in [-0.39, 0.29) is 29.9 Å². The summed E-state index contributed by atoms with van der Waals surface area (Å²) in [7, 11) is 0. The smallest absolute Gasteiger partial charge is 0.332 e. The lowest BCUT2D eigenvalue weighted by molar-refractivity contribution is -0.135. The second-order valence-corrected chi connectivity index (χ2v) is 7.16. The summed E-state index contributed by atoms with van der Waals surface area (Å²) in [5, 5.41) is 1.87. The van der Waals surface area contributed by atoms with Crippen molar-refractivity contribution in [1.29, 1.82) is 0 Å². The Balaban J connectivity index is 1.57. The van der Waals surface area contributed by atoms with Crippen LogP contribution in [0.4, 0.5) is 10.5 Å². The molecule has 0 aliphatic carbocycles. The predicted octanol–water partition coefficient (Wildman–Crippen LogP) is 2.37. The maximum absolute atomic E-state index is 13.2. The second kappa shape index (κ2) is 5.30. The van der Waals surface area contributed by atoms with Gasteiger partial charge >= 0.3 is 6.03 Å². The van der Waals surface area contributed by atoms with Gasteiger partial charge in [-0.3, -0.25) is 9.59 Å². The number of nitrogens with zero attached hydrogens (tertiary/aromatic N) is 3. The van der Waals surface area contributed by atoms with Gasteiger partial charge in [-0.2, -0.15) is 0 Å². The summed E-state index contributed by atoms with van der Waals surface area (Å²) in [6, 6.07) is 12.3. The van der Waals surface area contributed by atoms with Crippen LogP contribution < -0.4 is 4.90 Å². The topological polar surface area (TPSA) is 60.9 Å². The fourth-order valence-corrected chi connectivity index (χ4v) is 4.77. The Morgan fingerprint density at radius 3 is 2.69 bits per heavy atom. The van der Waals surface area contributed by atoms with E-state index in [0.29, 0.717) is 25.1 Å². The predicted molar refractivity (Wildman–Crippen MR) is 96.7 cm³/mol. The van der Waals surface area contributed by atoms with Crippen molar-refractivity contribution in [2.45, 2.75) is 37.9 Å². The van der Waals surface area contributed by atoms with Gasteiger partial charge in [-0.05, 0) is 17.9 Å². The third-order valence-electron chi connectivity index (χ3n) is 5.89. The molecule has 2 bridgehead atoms. The molecule has 3 atom stereocenters. The van der Waals surface area contributed by atoms with Crippen molar-refractivity contribution in [2.24, 2.45) is 0 Å². The van der Waals surface area contributed by atoms with Crippen molar-refractivity contribution < 1.29 is 14.4 Å². The zero-order chi connectivity index (χ0) is 18.0. The number of fused-ring (bicyclic) bond motifs is 6. The molecule has 3 saturated heterocycles. The molecule has 3 fully saturated rings. The number of benzene rings is 2. The van der Waals surface area contributed by atoms with Crippen molar-refractivity contribution in [3.8, 4) is 0 Å². The van der Waals surface area contributed by atoms with Crippen molar-refractivity contribution >= 4 is 34.3 Å². The first kappa shape index (κ1) is 15.4. The number of urea groups is 1. The minimum atomic E-state index is -0.546. The first-order valence-electron chi connectivity index (χ1n) is 9.05. The molecule has 2 aromatic carbocycles. The molecular formula is C20H19N3O3. The summed E-state index contributed by atoms with van der Waals surface area (Å²) < 4.78 is 0. The fourth-order valence-electron chi connectivity index (χ4n) is 4.77. The zero-order valence-electron chi connectivity index (χ0n) is 14.5. The molecule has 6 heteroatoms. The van der Waals surface area contributed by atoms with E-state index >= 15 is 0 Å². The largest absolute Gasteiger partial charge is 0.335 e. The Kier molecular flexibility index (Phi) is 3.13. The quantitative estimate of drug-likeness (QED) is 0.782. The number of carbonyl (C=O) groups excluding carboxylic acids is 3. The second-order valence-electron chi connectivity index (χ2n) is 7.16. The first-order chi connectivity index (χ1) is 12.6. The minimum absolute atomic E-state index is 0.0565. The first-order valence-corrected chi connectivity index (χ1v) is 9.05. The number of anilines is 1. The van der Waals surface area contributed by atoms with Gasteiger partial charge in [0.25, 0.3) is 5.91 Å². The summed E-state index contributed by atoms with van der Waals surface area (Å²) in [6.45, 7) is 2.37. The van der Waals surface area contributed by atoms with E-state index in [4.69, 9.17) is 0 Å². The Morgan fingerprint density at radius 1 is 1.12 bits per heavy atom. The minimum Gasteiger partial charge on any atom is -0.335 e. The van der Waals surface area contributed by atoms with Gasteiger partial charge in [0.2, 0.25) is 5.91 Å². The van der Waals surface area contributed by atoms with E-state index in [1.807, 2.05) is 49.4 Å². The molecule has 0 saturated carbocycles. The van der Waals surface area contributed by atoms with Crippen molar-refractivity contribution in [1.82, 2.24) is 9.80 Å². The zero-order valence-corrected chi connectivity index (χ0v) is 14.5. The monoisotopic (exact) mass is 349 g/mol. The van der Waals surface area contributed by atoms with E-state index in [2.05, 4.69) is 0 Å². The van der Waals surface area contributed by atoms with Crippen LogP contribution in [0.1, 0.15) is 19.8 Å². The van der Waals surface area contributed by atoms with Crippen LogP contribution in [0.15, 0.2) is 42.5 Å². The summed E-state index contributed by atoms with van der Waals surface area (Å²) in [6.07, 6.45) is 1.13. The van der Waals surface area contributed by atoms with Crippen LogP contribution in [0.3, 0.4) is 0 Å². The molecule has 4 amide bonds. The maximum Gasteiger partial charge on any atom is 0.332 e. The van der Waals surface area contributed by atoms with Crippen molar-refractivity contribution in [2.75, 3.05) is 11.4 Å². The third kappa shape index (κ3) is 1.84. The molecule has 132 valence electrons. The average molecular weight is 349 g/mol. The SMILES string of the molecule is CCC(=O)N1C[C@H]2CC1[C@@H]1C(=O)N(c3cccc4ccccc34)C(=O)N21. The van der Waals surface area contributed by atoms with Crippen LogP contribution in [-0.2, 0) is 9.59 Å². The lowest BCUT2D eigenvalue weighted by atomic mass is 10.1. The standard InChI is InChI=1S/C20H19N3O3/c1-2-17(24)21-11-13-10-16(21)18-19(25)23(20(26)22(13)18)15-9-5-7-12-6-3-4-8-14(12)15/h3-9,13,16,18H,2,10-11H2,1H3/t13-,16?,18-/m1/s1. The number of imide groups is 1. The van der Waals surface area contributed by atoms with Gasteiger partial charge < -0.3 is 9.80 Å². The van der Waals surface area contributed by atoms with Crippen molar-refractivity contribution in [3.63, 3.8) is 0 Å². The van der Waals surface area contributed by atoms with Crippen molar-refractivity contribution in [3.05, 3.63) is 42.5 Å². The number of piperazine rings is 1. The molecule has 1 unspecified atom stereocenters. The molecule has 6 nitrogen and oxygen atoms in total. The Morgan fingerprint density at radius 2 is 1.88 bits per heavy atom. The van der Waals surface area contributed by atoms with Gasteiger partial charge in [0, 0.05) is 18.4 Å². The number of likely N-dealkylation sites (tertiary alicyclic amines) is 1. The Bertz CT molecular complexity index is 951. The van der Waals surface area contributed by atoms with Gasteiger partial charge in [-0.1, -0.05) is 43.3 Å². The number of amides is 4. The number of hydrogen-bond donors (Lipinski definition) is 0. The van der Waals surface area contributed by atoms with Gasteiger partial charge in [0.05, 0.1) is 17.8 Å². The van der Waals surface area contributed by atoms with E-state index < -0.39 is 6.04 Å². The summed E-state index contributed by atoms with van der Waals surface area (Å²) >= 11 is 0. The highest BCUT2D eigenvalue weighted by Crippen LogP contribution is 2.43. The van der Waals surface area contributed by atoms with E-state index in [9.17, 15) is 14.4 Å². The van der Waals surface area contributed by atoms with Crippen LogP contribution in [0, 0.1) is 0 Å². The molecule has 0 spiro atoms. The van der Waals surface area contributed by atoms with Crippen LogP contribution in [0.25, 0.3) is 10.8 Å². The summed E-state index contributed by atoms with van der Waals surface area (Å²) in [5.74, 6) is -0.159. The van der Waals surface area contributed by atoms with Crippen LogP contribution in [0.5, 0.6) is 0 Å². The van der Waals surface area contributed by atoms with Crippen LogP contribution >= 0.6 is 0 Å². The van der Waals surface area contributed by atoms with Crippen LogP contribution in [0.2, 0.25) is 0 Å². The third-order valence-corrected chi connectivity index (χ3v) is 5.89. The molecule has 3 aliphatic rings. The van der Waals surface area contributed by atoms with E-state index in [1.165, 1.54) is 4.90 Å². The Labute approximate surface area is 151 Å². The Hall–Kier alpha value is -2.89. The van der Waals surface area contributed by atoms with Gasteiger partial charge in [0.15, 0.2) is 0 Å². The summed E-state index contributed by atoms with van der Waals surface area (Å²) in [4.78, 5) is 43.3. The summed E-state index contributed by atoms with van der Waals surface area (Å²) in [5.41, 5.74) is 0.625. The highest BCUT2D eigenvalue weighted by molar-refractivity contribution is 6.25. The number of hydrogen-bond acceptors (Lipinski definition) is 3. The van der Waals surface area contributed by atoms with Gasteiger partial charge in [0.1, 0.15) is 6.04 Å². The molecular weight excluding hydrogens is 330 g/mol. The molecule has 5 rings (SSSR count). The highest BCUT2D eigenvalue weighted by atomic mass is 16.2. The van der Waals surface area contributed by atoms with E-state index in [1.54, 1.807) is 9.80 Å². The lowest BCUT2D eigenvalue weighted by Gasteiger charge is -2.34. The maximum atomic E-state index is 13.2. The van der Waals surface area contributed by atoms with Crippen LogP contribution in [-0.4, -0.2) is 52.3 Å². The van der Waals surface area contributed by atoms with Gasteiger partial charge in [-0.15, -0.1) is 0 Å². The molecule has 0 aromatic heterocycles. The lowest BCUT2D eigenvalue weighted by Crippen LogP contribution is -2.54. The fraction of sp³-hybridized carbons (Fsp3) is 0.350. The average Bonchev–Trinajstić information content (AvgIpc) is 3.32. The normalized spacial score (nSPS) is 27.0.